The summed E-state index contributed by atoms with van der Waals surface area (Å²) in [6.45, 7) is 1.87. The van der Waals surface area contributed by atoms with Crippen LogP contribution in [0.15, 0.2) is 114 Å². The quantitative estimate of drug-likeness (QED) is 0.121. The zero-order valence-electron chi connectivity index (χ0n) is 24.8. The Labute approximate surface area is 247 Å². The lowest BCUT2D eigenvalue weighted by molar-refractivity contribution is 0.0785. The normalized spacial score (nSPS) is 17.6. The van der Waals surface area contributed by atoms with Crippen LogP contribution < -0.4 is 15.9 Å². The van der Waals surface area contributed by atoms with Crippen molar-refractivity contribution in [3.05, 3.63) is 114 Å². The summed E-state index contributed by atoms with van der Waals surface area (Å²) < 4.78 is 10.7. The summed E-state index contributed by atoms with van der Waals surface area (Å²) in [7, 11) is 1.26. The van der Waals surface area contributed by atoms with Crippen LogP contribution in [-0.4, -0.2) is 42.8 Å². The topological polar surface area (TPSA) is 58.9 Å². The first-order chi connectivity index (χ1) is 20.0. The molecule has 0 aromatic heterocycles. The molecule has 0 fully saturated rings. The lowest BCUT2D eigenvalue weighted by Gasteiger charge is -2.30. The molecule has 1 aliphatic carbocycles. The Balaban J connectivity index is 1.30. The largest absolute Gasteiger partial charge is 0.494 e. The van der Waals surface area contributed by atoms with Gasteiger partial charge in [-0.3, -0.25) is 0 Å². The van der Waals surface area contributed by atoms with E-state index in [9.17, 15) is 10.2 Å². The zero-order chi connectivity index (χ0) is 29.1. The first-order valence-corrected chi connectivity index (χ1v) is 16.9. The van der Waals surface area contributed by atoms with Gasteiger partial charge in [0, 0.05) is 0 Å². The molecule has 218 valence electrons. The van der Waals surface area contributed by atoms with Crippen LogP contribution in [0.4, 0.5) is 0 Å². The fourth-order valence-electron chi connectivity index (χ4n) is 6.20. The second kappa shape index (κ2) is 15.4. The van der Waals surface area contributed by atoms with Crippen molar-refractivity contribution in [1.82, 2.24) is 0 Å². The third-order valence-electron chi connectivity index (χ3n) is 8.46. The Morgan fingerprint density at radius 3 is 1.39 bits per heavy atom. The summed E-state index contributed by atoms with van der Waals surface area (Å²) >= 11 is 0. The summed E-state index contributed by atoms with van der Waals surface area (Å²) in [5.74, 6) is 0.625. The van der Waals surface area contributed by atoms with Gasteiger partial charge >= 0.3 is 0 Å². The van der Waals surface area contributed by atoms with Crippen LogP contribution in [-0.2, 0) is 9.47 Å². The minimum atomic E-state index is -1.74. The highest BCUT2D eigenvalue weighted by Crippen LogP contribution is 2.56. The van der Waals surface area contributed by atoms with Gasteiger partial charge < -0.3 is 19.7 Å². The fourth-order valence-corrected chi connectivity index (χ4v) is 10.6. The van der Waals surface area contributed by atoms with E-state index in [4.69, 9.17) is 9.47 Å². The SMILES string of the molecule is COC1=C(OC)C(O)C(CCCCCCCCC[P+](c2ccccc2)(c2ccccc2)c2ccccc2)=C(C)C1O. The predicted octanol–water partition coefficient (Wildman–Crippen LogP) is 6.66. The van der Waals surface area contributed by atoms with Gasteiger partial charge in [0.15, 0.2) is 11.5 Å². The zero-order valence-corrected chi connectivity index (χ0v) is 25.7. The second-order valence-corrected chi connectivity index (χ2v) is 14.5. The molecule has 0 saturated carbocycles. The highest BCUT2D eigenvalue weighted by atomic mass is 31.2. The Kier molecular flexibility index (Phi) is 11.6. The van der Waals surface area contributed by atoms with E-state index in [-0.39, 0.29) is 0 Å². The van der Waals surface area contributed by atoms with Gasteiger partial charge in [0.1, 0.15) is 35.4 Å². The summed E-state index contributed by atoms with van der Waals surface area (Å²) in [5.41, 5.74) is 1.63. The molecule has 1 aliphatic rings. The van der Waals surface area contributed by atoms with Crippen molar-refractivity contribution in [1.29, 1.82) is 0 Å². The molecular formula is C36H46O4P+. The first-order valence-electron chi connectivity index (χ1n) is 15.0. The van der Waals surface area contributed by atoms with Gasteiger partial charge in [0.2, 0.25) is 0 Å². The lowest BCUT2D eigenvalue weighted by Crippen LogP contribution is -2.33. The van der Waals surface area contributed by atoms with Crippen LogP contribution >= 0.6 is 7.26 Å². The Hall–Kier alpha value is -2.91. The molecule has 0 spiro atoms. The molecule has 3 aromatic carbocycles. The molecule has 5 heteroatoms. The molecule has 0 radical (unpaired) electrons. The number of benzene rings is 3. The second-order valence-electron chi connectivity index (χ2n) is 10.9. The Bertz CT molecular complexity index is 1170. The van der Waals surface area contributed by atoms with Crippen LogP contribution in [0.25, 0.3) is 0 Å². The molecule has 41 heavy (non-hydrogen) atoms. The standard InChI is InChI=1S/C36H46O4P/c1-28-32(34(38)36(40-3)35(39-2)33(28)37)26-18-7-5-4-6-8-19-27-41(29-20-12-9-13-21-29,30-22-14-10-15-23-30)31-24-16-11-17-25-31/h9-17,20-25,33-34,37-38H,4-8,18-19,26-27H2,1-3H3/q+1. The van der Waals surface area contributed by atoms with E-state index in [2.05, 4.69) is 91.0 Å². The van der Waals surface area contributed by atoms with Gasteiger partial charge in [-0.15, -0.1) is 0 Å². The van der Waals surface area contributed by atoms with Crippen molar-refractivity contribution in [2.24, 2.45) is 0 Å². The molecule has 2 atom stereocenters. The molecule has 0 aliphatic heterocycles. The van der Waals surface area contributed by atoms with Gasteiger partial charge in [-0.25, -0.2) is 0 Å². The van der Waals surface area contributed by atoms with Crippen LogP contribution in [0.1, 0.15) is 58.3 Å². The predicted molar refractivity (Wildman–Crippen MR) is 173 cm³/mol. The van der Waals surface area contributed by atoms with Crippen LogP contribution in [0.3, 0.4) is 0 Å². The van der Waals surface area contributed by atoms with E-state index in [1.165, 1.54) is 68.4 Å². The maximum absolute atomic E-state index is 10.8. The highest BCUT2D eigenvalue weighted by molar-refractivity contribution is 7.95. The maximum atomic E-state index is 10.8. The van der Waals surface area contributed by atoms with Crippen molar-refractivity contribution in [3.63, 3.8) is 0 Å². The Morgan fingerprint density at radius 2 is 0.951 bits per heavy atom. The van der Waals surface area contributed by atoms with Gasteiger partial charge in [0.25, 0.3) is 0 Å². The number of rotatable bonds is 15. The first kappa shape index (κ1) is 31.0. The van der Waals surface area contributed by atoms with Gasteiger partial charge in [0.05, 0.1) is 20.4 Å². The molecule has 4 nitrogen and oxygen atoms in total. The molecule has 0 bridgehead atoms. The molecule has 0 saturated heterocycles. The van der Waals surface area contributed by atoms with Crippen molar-refractivity contribution in [2.45, 2.75) is 70.5 Å². The Morgan fingerprint density at radius 1 is 0.561 bits per heavy atom. The van der Waals surface area contributed by atoms with Crippen molar-refractivity contribution in [2.75, 3.05) is 20.4 Å². The molecule has 2 N–H and O–H groups in total. The number of unbranched alkanes of at least 4 members (excludes halogenated alkanes) is 6. The molecule has 2 unspecified atom stereocenters. The highest BCUT2D eigenvalue weighted by Gasteiger charge is 2.44. The average molecular weight is 574 g/mol. The number of methoxy groups -OCH3 is 2. The monoisotopic (exact) mass is 573 g/mol. The summed E-state index contributed by atoms with van der Waals surface area (Å²) in [4.78, 5) is 0. The average Bonchev–Trinajstić information content (AvgIpc) is 3.02. The van der Waals surface area contributed by atoms with Crippen LogP contribution in [0.5, 0.6) is 0 Å². The van der Waals surface area contributed by atoms with Gasteiger partial charge in [-0.1, -0.05) is 80.3 Å². The molecule has 0 heterocycles. The van der Waals surface area contributed by atoms with E-state index in [1.807, 2.05) is 6.92 Å². The van der Waals surface area contributed by atoms with Crippen LogP contribution in [0.2, 0.25) is 0 Å². The van der Waals surface area contributed by atoms with Crippen molar-refractivity contribution >= 4 is 23.2 Å². The van der Waals surface area contributed by atoms with Crippen molar-refractivity contribution in [3.8, 4) is 0 Å². The molecule has 3 aromatic rings. The smallest absolute Gasteiger partial charge is 0.169 e. The van der Waals surface area contributed by atoms with E-state index >= 15 is 0 Å². The third-order valence-corrected chi connectivity index (χ3v) is 13.0. The van der Waals surface area contributed by atoms with E-state index < -0.39 is 19.5 Å². The lowest BCUT2D eigenvalue weighted by atomic mass is 9.87. The van der Waals surface area contributed by atoms with E-state index in [0.29, 0.717) is 11.5 Å². The van der Waals surface area contributed by atoms with E-state index in [0.717, 1.165) is 30.4 Å². The van der Waals surface area contributed by atoms with Crippen LogP contribution in [0, 0.1) is 0 Å². The molecule has 0 amide bonds. The number of hydrogen-bond donors (Lipinski definition) is 2. The summed E-state index contributed by atoms with van der Waals surface area (Å²) in [5, 5.41) is 25.8. The molecule has 4 rings (SSSR count). The van der Waals surface area contributed by atoms with Crippen molar-refractivity contribution < 1.29 is 19.7 Å². The minimum absolute atomic E-state index is 0.305. The molecular weight excluding hydrogens is 527 g/mol. The van der Waals surface area contributed by atoms with Gasteiger partial charge in [-0.2, -0.15) is 0 Å². The van der Waals surface area contributed by atoms with E-state index in [1.54, 1.807) is 0 Å². The summed E-state index contributed by atoms with van der Waals surface area (Å²) in [6.07, 6.45) is 8.39. The van der Waals surface area contributed by atoms with Gasteiger partial charge in [-0.05, 0) is 80.2 Å². The third kappa shape index (κ3) is 7.12. The number of aliphatic hydroxyl groups is 2. The minimum Gasteiger partial charge on any atom is -0.494 e. The number of hydrogen-bond acceptors (Lipinski definition) is 4. The fraction of sp³-hybridized carbons (Fsp3) is 0.389. The maximum Gasteiger partial charge on any atom is 0.169 e. The number of aliphatic hydroxyl groups excluding tert-OH is 2. The summed E-state index contributed by atoms with van der Waals surface area (Å²) in [6, 6.07) is 33.4. The number of ether oxygens (including phenoxy) is 2.